The van der Waals surface area contributed by atoms with Crippen LogP contribution >= 0.6 is 11.3 Å². The molecule has 2 heterocycles. The largest absolute Gasteiger partial charge is 0.396 e. The molecule has 0 bridgehead atoms. The maximum atomic E-state index is 8.89. The van der Waals surface area contributed by atoms with E-state index in [4.69, 9.17) is 5.11 Å². The number of aliphatic hydroxyl groups is 1. The third-order valence-electron chi connectivity index (χ3n) is 3.23. The summed E-state index contributed by atoms with van der Waals surface area (Å²) in [5.41, 5.74) is 0. The maximum absolute atomic E-state index is 8.89. The molecule has 90 valence electrons. The van der Waals surface area contributed by atoms with E-state index in [1.165, 1.54) is 29.3 Å². The smallest absolute Gasteiger partial charge is 0.0971 e. The van der Waals surface area contributed by atoms with Gasteiger partial charge in [-0.15, -0.1) is 11.3 Å². The van der Waals surface area contributed by atoms with E-state index >= 15 is 0 Å². The van der Waals surface area contributed by atoms with Gasteiger partial charge in [0.05, 0.1) is 5.01 Å². The molecule has 2 rings (SSSR count). The van der Waals surface area contributed by atoms with Crippen LogP contribution in [0.25, 0.3) is 0 Å². The Kier molecular flexibility index (Phi) is 4.32. The second-order valence-electron chi connectivity index (χ2n) is 4.37. The molecule has 1 atom stereocenters. The van der Waals surface area contributed by atoms with E-state index in [2.05, 4.69) is 16.8 Å². The van der Waals surface area contributed by atoms with Gasteiger partial charge in [-0.1, -0.05) is 6.92 Å². The normalized spacial score (nSPS) is 22.5. The second-order valence-corrected chi connectivity index (χ2v) is 5.52. The molecule has 0 spiro atoms. The fraction of sp³-hybridized carbons (Fsp3) is 0.750. The molecular formula is C12H20N2OS. The van der Waals surface area contributed by atoms with E-state index in [9.17, 15) is 0 Å². The van der Waals surface area contributed by atoms with Gasteiger partial charge in [-0.2, -0.15) is 0 Å². The van der Waals surface area contributed by atoms with Gasteiger partial charge in [0.2, 0.25) is 0 Å². The van der Waals surface area contributed by atoms with Gasteiger partial charge in [-0.25, -0.2) is 4.98 Å². The van der Waals surface area contributed by atoms with Crippen molar-refractivity contribution in [2.24, 2.45) is 0 Å². The van der Waals surface area contributed by atoms with Crippen LogP contribution in [0.5, 0.6) is 0 Å². The van der Waals surface area contributed by atoms with Gasteiger partial charge in [0, 0.05) is 36.6 Å². The molecule has 0 amide bonds. The first-order chi connectivity index (χ1) is 7.83. The first-order valence-corrected chi connectivity index (χ1v) is 6.93. The zero-order valence-corrected chi connectivity index (χ0v) is 10.7. The number of piperidine rings is 1. The highest BCUT2D eigenvalue weighted by Gasteiger charge is 2.22. The maximum Gasteiger partial charge on any atom is 0.0971 e. The number of aromatic nitrogens is 1. The molecule has 0 aliphatic carbocycles. The number of rotatable bonds is 4. The van der Waals surface area contributed by atoms with Gasteiger partial charge in [-0.05, 0) is 25.9 Å². The van der Waals surface area contributed by atoms with Crippen molar-refractivity contribution in [3.63, 3.8) is 0 Å². The Morgan fingerprint density at radius 1 is 1.62 bits per heavy atom. The van der Waals surface area contributed by atoms with Crippen molar-refractivity contribution in [3.8, 4) is 0 Å². The Balaban J connectivity index is 1.99. The van der Waals surface area contributed by atoms with Crippen molar-refractivity contribution in [1.29, 1.82) is 0 Å². The zero-order valence-electron chi connectivity index (χ0n) is 9.85. The van der Waals surface area contributed by atoms with Crippen LogP contribution in [0.2, 0.25) is 0 Å². The highest BCUT2D eigenvalue weighted by molar-refractivity contribution is 7.11. The molecule has 1 fully saturated rings. The summed E-state index contributed by atoms with van der Waals surface area (Å²) in [7, 11) is 0. The van der Waals surface area contributed by atoms with Crippen LogP contribution in [0, 0.1) is 0 Å². The molecule has 1 aliphatic rings. The Morgan fingerprint density at radius 2 is 2.50 bits per heavy atom. The molecule has 1 aliphatic heterocycles. The van der Waals surface area contributed by atoms with Crippen molar-refractivity contribution in [2.45, 2.75) is 32.1 Å². The first kappa shape index (κ1) is 12.0. The molecule has 1 saturated heterocycles. The predicted octanol–water partition coefficient (Wildman–Crippen LogP) is 1.88. The van der Waals surface area contributed by atoms with Crippen molar-refractivity contribution >= 4 is 11.3 Å². The Labute approximate surface area is 101 Å². The van der Waals surface area contributed by atoms with Gasteiger partial charge >= 0.3 is 0 Å². The zero-order chi connectivity index (χ0) is 11.4. The molecule has 3 nitrogen and oxygen atoms in total. The van der Waals surface area contributed by atoms with E-state index in [1.54, 1.807) is 11.3 Å². The summed E-state index contributed by atoms with van der Waals surface area (Å²) >= 11 is 1.78. The van der Waals surface area contributed by atoms with E-state index in [1.807, 2.05) is 6.20 Å². The van der Waals surface area contributed by atoms with Crippen LogP contribution in [-0.4, -0.2) is 41.2 Å². The summed E-state index contributed by atoms with van der Waals surface area (Å²) < 4.78 is 0. The summed E-state index contributed by atoms with van der Waals surface area (Å²) in [4.78, 5) is 8.22. The minimum atomic E-state index is 0.230. The standard InChI is InChI=1S/C12H20N2OS/c1-2-14-6-3-4-10(9-14)12-13-8-11(16-12)5-7-15/h8,10,15H,2-7,9H2,1H3. The lowest BCUT2D eigenvalue weighted by molar-refractivity contribution is 0.218. The van der Waals surface area contributed by atoms with Crippen molar-refractivity contribution in [2.75, 3.05) is 26.2 Å². The third kappa shape index (κ3) is 2.81. The number of likely N-dealkylation sites (tertiary alicyclic amines) is 1. The fourth-order valence-corrected chi connectivity index (χ4v) is 3.31. The summed E-state index contributed by atoms with van der Waals surface area (Å²) in [6.07, 6.45) is 5.24. The highest BCUT2D eigenvalue weighted by Crippen LogP contribution is 2.29. The van der Waals surface area contributed by atoms with Crippen molar-refractivity contribution in [1.82, 2.24) is 9.88 Å². The quantitative estimate of drug-likeness (QED) is 0.873. The van der Waals surface area contributed by atoms with E-state index in [0.717, 1.165) is 19.5 Å². The van der Waals surface area contributed by atoms with Crippen molar-refractivity contribution in [3.05, 3.63) is 16.1 Å². The monoisotopic (exact) mass is 240 g/mol. The van der Waals surface area contributed by atoms with Crippen LogP contribution in [0.4, 0.5) is 0 Å². The lowest BCUT2D eigenvalue weighted by Crippen LogP contribution is -2.33. The van der Waals surface area contributed by atoms with E-state index < -0.39 is 0 Å². The van der Waals surface area contributed by atoms with Crippen LogP contribution in [0.3, 0.4) is 0 Å². The van der Waals surface area contributed by atoms with Gasteiger partial charge in [0.1, 0.15) is 0 Å². The molecule has 1 aromatic rings. The van der Waals surface area contributed by atoms with Crippen LogP contribution < -0.4 is 0 Å². The minimum Gasteiger partial charge on any atom is -0.396 e. The van der Waals surface area contributed by atoms with Gasteiger partial charge < -0.3 is 10.0 Å². The Hall–Kier alpha value is -0.450. The number of nitrogens with zero attached hydrogens (tertiary/aromatic N) is 2. The number of thiazole rings is 1. The fourth-order valence-electron chi connectivity index (χ4n) is 2.28. The Bertz CT molecular complexity index is 327. The predicted molar refractivity (Wildman–Crippen MR) is 67.0 cm³/mol. The van der Waals surface area contributed by atoms with Gasteiger partial charge in [0.15, 0.2) is 0 Å². The number of hydrogen-bond donors (Lipinski definition) is 1. The summed E-state index contributed by atoms with van der Waals surface area (Å²) in [5, 5.41) is 10.2. The molecule has 4 heteroatoms. The number of aliphatic hydroxyl groups excluding tert-OH is 1. The lowest BCUT2D eigenvalue weighted by atomic mass is 9.99. The summed E-state index contributed by atoms with van der Waals surface area (Å²) in [6.45, 7) is 5.99. The topological polar surface area (TPSA) is 36.4 Å². The summed E-state index contributed by atoms with van der Waals surface area (Å²) in [6, 6.07) is 0. The Morgan fingerprint density at radius 3 is 3.25 bits per heavy atom. The van der Waals surface area contributed by atoms with Crippen molar-refractivity contribution < 1.29 is 5.11 Å². The average Bonchev–Trinajstić information content (AvgIpc) is 2.78. The molecule has 16 heavy (non-hydrogen) atoms. The van der Waals surface area contributed by atoms with E-state index in [0.29, 0.717) is 5.92 Å². The second kappa shape index (κ2) is 5.75. The van der Waals surface area contributed by atoms with Gasteiger partial charge in [-0.3, -0.25) is 0 Å². The highest BCUT2D eigenvalue weighted by atomic mass is 32.1. The SMILES string of the molecule is CCN1CCCC(c2ncc(CCO)s2)C1. The molecule has 0 aromatic carbocycles. The molecular weight excluding hydrogens is 220 g/mol. The first-order valence-electron chi connectivity index (χ1n) is 6.11. The molecule has 1 unspecified atom stereocenters. The molecule has 0 saturated carbocycles. The van der Waals surface area contributed by atoms with Gasteiger partial charge in [0.25, 0.3) is 0 Å². The van der Waals surface area contributed by atoms with E-state index in [-0.39, 0.29) is 6.61 Å². The number of hydrogen-bond acceptors (Lipinski definition) is 4. The molecule has 1 N–H and O–H groups in total. The lowest BCUT2D eigenvalue weighted by Gasteiger charge is -2.30. The molecule has 1 aromatic heterocycles. The average molecular weight is 240 g/mol. The van der Waals surface area contributed by atoms with Crippen LogP contribution in [0.1, 0.15) is 35.6 Å². The summed E-state index contributed by atoms with van der Waals surface area (Å²) in [5.74, 6) is 0.617. The number of likely N-dealkylation sites (N-methyl/N-ethyl adjacent to an activating group) is 1. The third-order valence-corrected chi connectivity index (χ3v) is 4.45. The minimum absolute atomic E-state index is 0.230. The van der Waals surface area contributed by atoms with Crippen LogP contribution in [0.15, 0.2) is 6.20 Å². The molecule has 0 radical (unpaired) electrons. The van der Waals surface area contributed by atoms with Crippen LogP contribution in [-0.2, 0) is 6.42 Å².